The van der Waals surface area contributed by atoms with Gasteiger partial charge in [-0.25, -0.2) is 9.36 Å². The summed E-state index contributed by atoms with van der Waals surface area (Å²) in [7, 11) is 1.79. The molecule has 34 heavy (non-hydrogen) atoms. The van der Waals surface area contributed by atoms with E-state index in [0.29, 0.717) is 13.0 Å². The minimum Gasteiger partial charge on any atom is -0.300 e. The number of hydrogen-bond donors (Lipinski definition) is 0. The number of aryl methyl sites for hydroxylation is 1. The molecule has 0 spiro atoms. The van der Waals surface area contributed by atoms with E-state index in [1.54, 1.807) is 11.6 Å². The van der Waals surface area contributed by atoms with Crippen molar-refractivity contribution in [3.05, 3.63) is 139 Å². The van der Waals surface area contributed by atoms with Crippen molar-refractivity contribution >= 4 is 0 Å². The van der Waals surface area contributed by atoms with E-state index in [4.69, 9.17) is 0 Å². The summed E-state index contributed by atoms with van der Waals surface area (Å²) in [6.45, 7) is 4.16. The Hall–Kier alpha value is -3.70. The third-order valence-electron chi connectivity index (χ3n) is 6.75. The van der Waals surface area contributed by atoms with Gasteiger partial charge in [0.1, 0.15) is 0 Å². The van der Waals surface area contributed by atoms with Crippen LogP contribution in [-0.4, -0.2) is 20.6 Å². The Bertz CT molecular complexity index is 1420. The summed E-state index contributed by atoms with van der Waals surface area (Å²) in [5, 5.41) is 0. The maximum absolute atomic E-state index is 14.0. The van der Waals surface area contributed by atoms with E-state index in [-0.39, 0.29) is 11.2 Å². The molecule has 0 saturated heterocycles. The Morgan fingerprint density at radius 3 is 2.24 bits per heavy atom. The van der Waals surface area contributed by atoms with Crippen LogP contribution in [0.3, 0.4) is 0 Å². The SMILES string of the molecule is Cc1cccc(C(c2ccccc2)n2c(=O)c3c(n(C)c2=O)CCN(Cc2ccccc2)C3)c1. The monoisotopic (exact) mass is 451 g/mol. The van der Waals surface area contributed by atoms with Gasteiger partial charge in [-0.2, -0.15) is 0 Å². The first-order chi connectivity index (χ1) is 16.5. The van der Waals surface area contributed by atoms with Crippen molar-refractivity contribution < 1.29 is 0 Å². The van der Waals surface area contributed by atoms with E-state index < -0.39 is 6.04 Å². The van der Waals surface area contributed by atoms with Crippen molar-refractivity contribution in [3.63, 3.8) is 0 Å². The molecule has 5 rings (SSSR count). The quantitative estimate of drug-likeness (QED) is 0.460. The molecule has 1 aliphatic rings. The molecule has 1 unspecified atom stereocenters. The van der Waals surface area contributed by atoms with Crippen LogP contribution in [-0.2, 0) is 26.6 Å². The summed E-state index contributed by atoms with van der Waals surface area (Å²) < 4.78 is 3.14. The first-order valence-corrected chi connectivity index (χ1v) is 11.7. The van der Waals surface area contributed by atoms with Crippen molar-refractivity contribution in [2.75, 3.05) is 6.54 Å². The van der Waals surface area contributed by atoms with E-state index in [1.807, 2.05) is 73.7 Å². The molecule has 0 saturated carbocycles. The molecule has 0 N–H and O–H groups in total. The van der Waals surface area contributed by atoms with E-state index in [2.05, 4.69) is 23.1 Å². The van der Waals surface area contributed by atoms with Crippen molar-refractivity contribution in [1.29, 1.82) is 0 Å². The Kier molecular flexibility index (Phi) is 6.03. The highest BCUT2D eigenvalue weighted by atomic mass is 16.2. The van der Waals surface area contributed by atoms with Gasteiger partial charge < -0.3 is 4.57 Å². The van der Waals surface area contributed by atoms with Crippen LogP contribution < -0.4 is 11.2 Å². The average molecular weight is 452 g/mol. The Labute approximate surface area is 199 Å². The van der Waals surface area contributed by atoms with Gasteiger partial charge in [0.15, 0.2) is 0 Å². The normalized spacial score (nSPS) is 14.5. The molecule has 5 nitrogen and oxygen atoms in total. The fourth-order valence-corrected chi connectivity index (χ4v) is 5.05. The second-order valence-electron chi connectivity index (χ2n) is 9.12. The number of fused-ring (bicyclic) bond motifs is 1. The van der Waals surface area contributed by atoms with E-state index in [9.17, 15) is 9.59 Å². The van der Waals surface area contributed by atoms with E-state index in [1.165, 1.54) is 10.1 Å². The molecule has 1 aromatic heterocycles. The summed E-state index contributed by atoms with van der Waals surface area (Å²) in [6.07, 6.45) is 0.685. The topological polar surface area (TPSA) is 47.2 Å². The van der Waals surface area contributed by atoms with Gasteiger partial charge in [-0.15, -0.1) is 0 Å². The maximum atomic E-state index is 14.0. The molecular formula is C29H29N3O2. The molecule has 2 heterocycles. The second-order valence-corrected chi connectivity index (χ2v) is 9.12. The van der Waals surface area contributed by atoms with Crippen molar-refractivity contribution in [1.82, 2.24) is 14.0 Å². The molecule has 172 valence electrons. The van der Waals surface area contributed by atoms with Crippen molar-refractivity contribution in [2.45, 2.75) is 32.5 Å². The third kappa shape index (κ3) is 4.15. The molecular weight excluding hydrogens is 422 g/mol. The average Bonchev–Trinajstić information content (AvgIpc) is 2.86. The van der Waals surface area contributed by atoms with E-state index in [0.717, 1.165) is 41.0 Å². The number of nitrogens with zero attached hydrogens (tertiary/aromatic N) is 3. The van der Waals surface area contributed by atoms with Crippen LogP contribution >= 0.6 is 0 Å². The zero-order valence-electron chi connectivity index (χ0n) is 19.6. The molecule has 0 amide bonds. The number of benzene rings is 3. The number of rotatable bonds is 5. The Balaban J connectivity index is 1.64. The molecule has 4 aromatic rings. The van der Waals surface area contributed by atoms with Crippen LogP contribution in [0.2, 0.25) is 0 Å². The molecule has 3 aromatic carbocycles. The van der Waals surface area contributed by atoms with Crippen molar-refractivity contribution in [2.24, 2.45) is 7.05 Å². The van der Waals surface area contributed by atoms with Crippen LogP contribution in [0.25, 0.3) is 0 Å². The molecule has 1 atom stereocenters. The van der Waals surface area contributed by atoms with Gasteiger partial charge in [0, 0.05) is 38.8 Å². The van der Waals surface area contributed by atoms with Crippen LogP contribution in [0, 0.1) is 6.92 Å². The summed E-state index contributed by atoms with van der Waals surface area (Å²) >= 11 is 0. The Morgan fingerprint density at radius 2 is 1.53 bits per heavy atom. The third-order valence-corrected chi connectivity index (χ3v) is 6.75. The van der Waals surface area contributed by atoms with Crippen LogP contribution in [0.1, 0.15) is 39.6 Å². The zero-order chi connectivity index (χ0) is 23.7. The van der Waals surface area contributed by atoms with E-state index >= 15 is 0 Å². The smallest absolute Gasteiger partial charge is 0.300 e. The van der Waals surface area contributed by atoms with Crippen LogP contribution in [0.4, 0.5) is 0 Å². The lowest BCUT2D eigenvalue weighted by atomic mass is 9.96. The summed E-state index contributed by atoms with van der Waals surface area (Å²) in [5.41, 5.74) is 5.28. The lowest BCUT2D eigenvalue weighted by Crippen LogP contribution is -2.48. The lowest BCUT2D eigenvalue weighted by molar-refractivity contribution is 0.237. The maximum Gasteiger partial charge on any atom is 0.331 e. The molecule has 0 fully saturated rings. The predicted octanol–water partition coefficient (Wildman–Crippen LogP) is 4.05. The van der Waals surface area contributed by atoms with Gasteiger partial charge in [0.25, 0.3) is 5.56 Å². The first kappa shape index (κ1) is 22.1. The summed E-state index contributed by atoms with van der Waals surface area (Å²) in [4.78, 5) is 29.9. The number of aromatic nitrogens is 2. The summed E-state index contributed by atoms with van der Waals surface area (Å²) in [5.74, 6) is 0. The Morgan fingerprint density at radius 1 is 0.853 bits per heavy atom. The molecule has 0 aliphatic carbocycles. The standard InChI is InChI=1S/C29H29N3O2/c1-21-10-9-15-24(18-21)27(23-13-7-4-8-14-23)32-28(33)25-20-31(19-22-11-5-3-6-12-22)17-16-26(25)30(2)29(32)34/h3-15,18,27H,16-17,19-20H2,1-2H3. The number of hydrogen-bond acceptors (Lipinski definition) is 3. The predicted molar refractivity (Wildman–Crippen MR) is 135 cm³/mol. The second kappa shape index (κ2) is 9.27. The highest BCUT2D eigenvalue weighted by Crippen LogP contribution is 2.26. The minimum absolute atomic E-state index is 0.189. The van der Waals surface area contributed by atoms with Gasteiger partial charge in [-0.05, 0) is 23.6 Å². The zero-order valence-corrected chi connectivity index (χ0v) is 19.6. The highest BCUT2D eigenvalue weighted by molar-refractivity contribution is 5.36. The molecule has 1 aliphatic heterocycles. The largest absolute Gasteiger partial charge is 0.331 e. The fraction of sp³-hybridized carbons (Fsp3) is 0.241. The van der Waals surface area contributed by atoms with Crippen LogP contribution in [0.5, 0.6) is 0 Å². The van der Waals surface area contributed by atoms with Gasteiger partial charge >= 0.3 is 5.69 Å². The lowest BCUT2D eigenvalue weighted by Gasteiger charge is -2.31. The van der Waals surface area contributed by atoms with Gasteiger partial charge in [-0.1, -0.05) is 90.5 Å². The van der Waals surface area contributed by atoms with Crippen molar-refractivity contribution in [3.8, 4) is 0 Å². The highest BCUT2D eigenvalue weighted by Gasteiger charge is 2.28. The summed E-state index contributed by atoms with van der Waals surface area (Å²) in [6, 6.07) is 27.7. The minimum atomic E-state index is -0.484. The fourth-order valence-electron chi connectivity index (χ4n) is 5.05. The van der Waals surface area contributed by atoms with Gasteiger partial charge in [-0.3, -0.25) is 9.69 Å². The molecule has 5 heteroatoms. The first-order valence-electron chi connectivity index (χ1n) is 11.7. The van der Waals surface area contributed by atoms with Gasteiger partial charge in [0.05, 0.1) is 11.6 Å². The molecule has 0 radical (unpaired) electrons. The molecule has 0 bridgehead atoms. The van der Waals surface area contributed by atoms with Crippen LogP contribution in [0.15, 0.2) is 94.5 Å². The van der Waals surface area contributed by atoms with Gasteiger partial charge in [0.2, 0.25) is 0 Å².